The van der Waals surface area contributed by atoms with Crippen LogP contribution in [0.25, 0.3) is 11.6 Å². The number of nitrogens with one attached hydrogen (secondary N) is 1. The third kappa shape index (κ3) is 4.67. The van der Waals surface area contributed by atoms with Crippen molar-refractivity contribution in [1.82, 2.24) is 0 Å². The maximum Gasteiger partial charge on any atom is 0.270 e. The molecular weight excluding hydrogens is 340 g/mol. The molecule has 27 heavy (non-hydrogen) atoms. The molecule has 5 heteroatoms. The van der Waals surface area contributed by atoms with Gasteiger partial charge in [-0.2, -0.15) is 0 Å². The fourth-order valence-electron chi connectivity index (χ4n) is 2.71. The smallest absolute Gasteiger partial charge is 0.270 e. The summed E-state index contributed by atoms with van der Waals surface area (Å²) in [7, 11) is 0. The van der Waals surface area contributed by atoms with Gasteiger partial charge < -0.3 is 5.32 Å². The first-order valence-electron chi connectivity index (χ1n) is 8.42. The van der Waals surface area contributed by atoms with Gasteiger partial charge in [-0.15, -0.1) is 0 Å². The quantitative estimate of drug-likeness (QED) is 0.299. The van der Waals surface area contributed by atoms with Crippen LogP contribution in [0, 0.1) is 17.0 Å². The number of rotatable bonds is 5. The van der Waals surface area contributed by atoms with Crippen molar-refractivity contribution in [3.63, 3.8) is 0 Å². The highest BCUT2D eigenvalue weighted by Gasteiger charge is 2.13. The average molecular weight is 358 g/mol. The van der Waals surface area contributed by atoms with Gasteiger partial charge in [-0.1, -0.05) is 54.6 Å². The first kappa shape index (κ1) is 18.1. The first-order chi connectivity index (χ1) is 13.0. The zero-order chi connectivity index (χ0) is 19.2. The largest absolute Gasteiger partial charge is 0.322 e. The minimum absolute atomic E-state index is 0.0183. The number of nitro groups is 1. The number of hydrogen-bond acceptors (Lipinski definition) is 3. The van der Waals surface area contributed by atoms with Crippen molar-refractivity contribution in [2.45, 2.75) is 6.92 Å². The van der Waals surface area contributed by atoms with Crippen LogP contribution in [0.3, 0.4) is 0 Å². The number of nitrogens with zero attached hydrogens (tertiary/aromatic N) is 1. The molecule has 0 aromatic heterocycles. The number of amides is 1. The molecule has 3 rings (SSSR count). The van der Waals surface area contributed by atoms with Crippen molar-refractivity contribution in [3.8, 4) is 0 Å². The van der Waals surface area contributed by atoms with Crippen LogP contribution in [0.15, 0.2) is 78.9 Å². The van der Waals surface area contributed by atoms with Gasteiger partial charge in [0.15, 0.2) is 0 Å². The van der Waals surface area contributed by atoms with Gasteiger partial charge in [-0.05, 0) is 41.8 Å². The van der Waals surface area contributed by atoms with Crippen molar-refractivity contribution in [2.75, 3.05) is 5.32 Å². The van der Waals surface area contributed by atoms with Gasteiger partial charge in [0.1, 0.15) is 0 Å². The maximum absolute atomic E-state index is 12.9. The number of benzene rings is 3. The summed E-state index contributed by atoms with van der Waals surface area (Å²) < 4.78 is 0. The lowest BCUT2D eigenvalue weighted by Crippen LogP contribution is -2.13. The second kappa shape index (κ2) is 8.10. The molecule has 0 spiro atoms. The van der Waals surface area contributed by atoms with E-state index in [1.165, 1.54) is 12.1 Å². The summed E-state index contributed by atoms with van der Waals surface area (Å²) in [6.45, 7) is 1.95. The van der Waals surface area contributed by atoms with Gasteiger partial charge in [-0.25, -0.2) is 0 Å². The molecule has 0 saturated heterocycles. The van der Waals surface area contributed by atoms with Crippen LogP contribution >= 0.6 is 0 Å². The van der Waals surface area contributed by atoms with E-state index in [2.05, 4.69) is 5.32 Å². The Morgan fingerprint density at radius 1 is 0.963 bits per heavy atom. The number of nitro benzene ring substituents is 1. The Labute approximate surface area is 157 Å². The van der Waals surface area contributed by atoms with E-state index >= 15 is 0 Å². The van der Waals surface area contributed by atoms with E-state index < -0.39 is 4.92 Å². The van der Waals surface area contributed by atoms with Gasteiger partial charge in [0, 0.05) is 23.4 Å². The van der Waals surface area contributed by atoms with E-state index in [0.717, 1.165) is 11.1 Å². The second-order valence-corrected chi connectivity index (χ2v) is 6.10. The minimum Gasteiger partial charge on any atom is -0.322 e. The van der Waals surface area contributed by atoms with Crippen molar-refractivity contribution < 1.29 is 9.72 Å². The molecular formula is C22H18N2O3. The number of hydrogen-bond donors (Lipinski definition) is 1. The summed E-state index contributed by atoms with van der Waals surface area (Å²) in [5.74, 6) is -0.279. The molecule has 3 aromatic rings. The molecule has 3 aromatic carbocycles. The molecule has 0 unspecified atom stereocenters. The lowest BCUT2D eigenvalue weighted by molar-refractivity contribution is -0.384. The number of aryl methyl sites for hydroxylation is 1. The molecule has 0 bridgehead atoms. The van der Waals surface area contributed by atoms with E-state index in [9.17, 15) is 14.9 Å². The fourth-order valence-corrected chi connectivity index (χ4v) is 2.71. The standard InChI is InChI=1S/C22H18N2O3/c1-16-7-5-11-19(13-16)23-22(25)21(18-9-3-2-4-10-18)15-17-8-6-12-20(14-17)24(26)27/h2-15H,1H3,(H,23,25). The number of carbonyl (C=O) groups is 1. The molecule has 0 saturated carbocycles. The molecule has 0 aliphatic heterocycles. The normalized spacial score (nSPS) is 11.1. The molecule has 1 amide bonds. The van der Waals surface area contributed by atoms with E-state index in [0.29, 0.717) is 16.8 Å². The van der Waals surface area contributed by atoms with Gasteiger partial charge in [0.05, 0.1) is 4.92 Å². The monoisotopic (exact) mass is 358 g/mol. The van der Waals surface area contributed by atoms with Crippen molar-refractivity contribution >= 4 is 28.9 Å². The molecule has 0 atom stereocenters. The summed E-state index contributed by atoms with van der Waals surface area (Å²) in [6, 6.07) is 23.0. The summed E-state index contributed by atoms with van der Waals surface area (Å²) in [5, 5.41) is 13.9. The van der Waals surface area contributed by atoms with Gasteiger partial charge in [-0.3, -0.25) is 14.9 Å². The molecule has 5 nitrogen and oxygen atoms in total. The van der Waals surface area contributed by atoms with Crippen LogP contribution in [-0.4, -0.2) is 10.8 Å². The molecule has 1 N–H and O–H groups in total. The van der Waals surface area contributed by atoms with Gasteiger partial charge in [0.2, 0.25) is 0 Å². The number of non-ortho nitro benzene ring substituents is 1. The minimum atomic E-state index is -0.452. The Balaban J connectivity index is 2.00. The molecule has 0 radical (unpaired) electrons. The van der Waals surface area contributed by atoms with Crippen LogP contribution < -0.4 is 5.32 Å². The second-order valence-electron chi connectivity index (χ2n) is 6.10. The fraction of sp³-hybridized carbons (Fsp3) is 0.0455. The van der Waals surface area contributed by atoms with Gasteiger partial charge >= 0.3 is 0 Å². The zero-order valence-corrected chi connectivity index (χ0v) is 14.8. The number of anilines is 1. The van der Waals surface area contributed by atoms with Crippen LogP contribution in [0.1, 0.15) is 16.7 Å². The highest BCUT2D eigenvalue weighted by Crippen LogP contribution is 2.23. The SMILES string of the molecule is Cc1cccc(NC(=O)C(=Cc2cccc([N+](=O)[O-])c2)c2ccccc2)c1. The Morgan fingerprint density at radius 2 is 1.70 bits per heavy atom. The maximum atomic E-state index is 12.9. The predicted molar refractivity (Wildman–Crippen MR) is 107 cm³/mol. The predicted octanol–water partition coefficient (Wildman–Crippen LogP) is 5.08. The summed E-state index contributed by atoms with van der Waals surface area (Å²) in [4.78, 5) is 23.5. The Morgan fingerprint density at radius 3 is 2.41 bits per heavy atom. The van der Waals surface area contributed by atoms with Crippen LogP contribution in [0.2, 0.25) is 0 Å². The van der Waals surface area contributed by atoms with Crippen molar-refractivity contribution in [2.24, 2.45) is 0 Å². The van der Waals surface area contributed by atoms with Gasteiger partial charge in [0.25, 0.3) is 11.6 Å². The van der Waals surface area contributed by atoms with Crippen molar-refractivity contribution in [3.05, 3.63) is 106 Å². The van der Waals surface area contributed by atoms with Crippen LogP contribution in [0.4, 0.5) is 11.4 Å². The highest BCUT2D eigenvalue weighted by molar-refractivity contribution is 6.29. The van der Waals surface area contributed by atoms with E-state index in [1.807, 2.05) is 61.5 Å². The lowest BCUT2D eigenvalue weighted by atomic mass is 10.0. The van der Waals surface area contributed by atoms with E-state index in [1.54, 1.807) is 18.2 Å². The molecule has 0 heterocycles. The molecule has 0 aliphatic rings. The highest BCUT2D eigenvalue weighted by atomic mass is 16.6. The first-order valence-corrected chi connectivity index (χ1v) is 8.42. The molecule has 134 valence electrons. The zero-order valence-electron chi connectivity index (χ0n) is 14.8. The average Bonchev–Trinajstić information content (AvgIpc) is 2.67. The Hall–Kier alpha value is -3.73. The summed E-state index contributed by atoms with van der Waals surface area (Å²) >= 11 is 0. The van der Waals surface area contributed by atoms with Crippen LogP contribution in [-0.2, 0) is 4.79 Å². The topological polar surface area (TPSA) is 72.2 Å². The van der Waals surface area contributed by atoms with Crippen molar-refractivity contribution in [1.29, 1.82) is 0 Å². The number of carbonyl (C=O) groups excluding carboxylic acids is 1. The Kier molecular flexibility index (Phi) is 5.42. The third-order valence-corrected chi connectivity index (χ3v) is 4.00. The van der Waals surface area contributed by atoms with Crippen LogP contribution in [0.5, 0.6) is 0 Å². The molecule has 0 aliphatic carbocycles. The third-order valence-electron chi connectivity index (χ3n) is 4.00. The lowest BCUT2D eigenvalue weighted by Gasteiger charge is -2.10. The Bertz CT molecular complexity index is 1010. The molecule has 0 fully saturated rings. The summed E-state index contributed by atoms with van der Waals surface area (Å²) in [6.07, 6.45) is 1.66. The van der Waals surface area contributed by atoms with E-state index in [-0.39, 0.29) is 11.6 Å². The van der Waals surface area contributed by atoms with E-state index in [4.69, 9.17) is 0 Å². The summed E-state index contributed by atoms with van der Waals surface area (Å²) in [5.41, 5.74) is 3.46.